The maximum atomic E-state index is 14.0. The van der Waals surface area contributed by atoms with Crippen molar-refractivity contribution in [1.29, 1.82) is 0 Å². The minimum Gasteiger partial charge on any atom is -0.492 e. The van der Waals surface area contributed by atoms with E-state index in [9.17, 15) is 13.6 Å². The standard InChI is InChI=1S/C25H26F2N2O5.ClH/c1-31-22-18(25(30)29-14-16-5-4-6-19(26)21(16)27)13-20(23(32-2)24(22)33-3)34-17-9-7-15(8-10-17)11-12-28;/h4-10,13H,11-12,14,28H2,1-3H3,(H,29,30);1H. The van der Waals surface area contributed by atoms with E-state index in [0.29, 0.717) is 12.3 Å². The molecular weight excluding hydrogens is 482 g/mol. The Morgan fingerprint density at radius 3 is 2.20 bits per heavy atom. The molecule has 0 saturated carbocycles. The minimum atomic E-state index is -1.02. The van der Waals surface area contributed by atoms with Crippen LogP contribution in [-0.4, -0.2) is 33.8 Å². The van der Waals surface area contributed by atoms with E-state index in [0.717, 1.165) is 18.1 Å². The number of nitrogens with one attached hydrogen (secondary N) is 1. The Labute approximate surface area is 208 Å². The van der Waals surface area contributed by atoms with Crippen molar-refractivity contribution in [2.24, 2.45) is 5.73 Å². The van der Waals surface area contributed by atoms with E-state index in [4.69, 9.17) is 24.7 Å². The van der Waals surface area contributed by atoms with Crippen LogP contribution in [0.3, 0.4) is 0 Å². The van der Waals surface area contributed by atoms with E-state index in [1.54, 1.807) is 12.1 Å². The van der Waals surface area contributed by atoms with Crippen molar-refractivity contribution >= 4 is 18.3 Å². The summed E-state index contributed by atoms with van der Waals surface area (Å²) < 4.78 is 49.8. The van der Waals surface area contributed by atoms with Crippen LogP contribution in [0.5, 0.6) is 28.7 Å². The highest BCUT2D eigenvalue weighted by molar-refractivity contribution is 5.99. The highest BCUT2D eigenvalue weighted by Gasteiger charge is 2.26. The van der Waals surface area contributed by atoms with Crippen molar-refractivity contribution in [3.63, 3.8) is 0 Å². The van der Waals surface area contributed by atoms with Crippen LogP contribution in [-0.2, 0) is 13.0 Å². The monoisotopic (exact) mass is 508 g/mol. The lowest BCUT2D eigenvalue weighted by Crippen LogP contribution is -2.24. The van der Waals surface area contributed by atoms with Crippen LogP contribution in [0, 0.1) is 11.6 Å². The van der Waals surface area contributed by atoms with Crippen molar-refractivity contribution < 1.29 is 32.5 Å². The molecule has 7 nitrogen and oxygen atoms in total. The molecule has 1 amide bonds. The second-order valence-corrected chi connectivity index (χ2v) is 7.20. The van der Waals surface area contributed by atoms with Gasteiger partial charge in [0.2, 0.25) is 11.5 Å². The van der Waals surface area contributed by atoms with Gasteiger partial charge in [0, 0.05) is 18.2 Å². The second-order valence-electron chi connectivity index (χ2n) is 7.20. The van der Waals surface area contributed by atoms with Crippen LogP contribution in [0.25, 0.3) is 0 Å². The molecule has 0 aliphatic carbocycles. The summed E-state index contributed by atoms with van der Waals surface area (Å²) in [7, 11) is 4.20. The van der Waals surface area contributed by atoms with E-state index >= 15 is 0 Å². The summed E-state index contributed by atoms with van der Waals surface area (Å²) >= 11 is 0. The molecule has 3 aromatic rings. The van der Waals surface area contributed by atoms with Gasteiger partial charge in [-0.2, -0.15) is 0 Å². The summed E-state index contributed by atoms with van der Waals surface area (Å²) in [5.41, 5.74) is 6.71. The highest BCUT2D eigenvalue weighted by Crippen LogP contribution is 2.48. The van der Waals surface area contributed by atoms with E-state index < -0.39 is 17.5 Å². The molecular formula is C25H27ClF2N2O5. The predicted molar refractivity (Wildman–Crippen MR) is 130 cm³/mol. The number of rotatable bonds is 10. The lowest BCUT2D eigenvalue weighted by atomic mass is 10.1. The predicted octanol–water partition coefficient (Wildman–Crippen LogP) is 4.64. The number of carbonyl (C=O) groups is 1. The molecule has 0 spiro atoms. The third kappa shape index (κ3) is 6.32. The van der Waals surface area contributed by atoms with E-state index in [2.05, 4.69) is 5.32 Å². The third-order valence-corrected chi connectivity index (χ3v) is 5.07. The van der Waals surface area contributed by atoms with Crippen LogP contribution in [0.4, 0.5) is 8.78 Å². The fourth-order valence-electron chi connectivity index (χ4n) is 3.40. The van der Waals surface area contributed by atoms with Gasteiger partial charge in [0.25, 0.3) is 5.91 Å². The number of hydrogen-bond donors (Lipinski definition) is 2. The molecule has 0 bridgehead atoms. The number of ether oxygens (including phenoxy) is 4. The van der Waals surface area contributed by atoms with Gasteiger partial charge < -0.3 is 30.0 Å². The first-order chi connectivity index (χ1) is 16.4. The molecule has 0 aliphatic rings. The largest absolute Gasteiger partial charge is 0.492 e. The molecule has 10 heteroatoms. The van der Waals surface area contributed by atoms with Crippen LogP contribution in [0.2, 0.25) is 0 Å². The minimum absolute atomic E-state index is 0. The summed E-state index contributed by atoms with van der Waals surface area (Å²) in [4.78, 5) is 13.0. The van der Waals surface area contributed by atoms with Crippen molar-refractivity contribution in [1.82, 2.24) is 5.32 Å². The SMILES string of the molecule is COc1c(Oc2ccc(CCN)cc2)cc(C(=O)NCc2cccc(F)c2F)c(OC)c1OC.Cl. The molecule has 0 radical (unpaired) electrons. The number of nitrogens with two attached hydrogens (primary N) is 1. The van der Waals surface area contributed by atoms with Crippen LogP contribution < -0.4 is 30.0 Å². The Bertz CT molecular complexity index is 1160. The zero-order valence-corrected chi connectivity index (χ0v) is 20.3. The van der Waals surface area contributed by atoms with Crippen LogP contribution >= 0.6 is 12.4 Å². The van der Waals surface area contributed by atoms with Gasteiger partial charge in [0.15, 0.2) is 23.1 Å². The van der Waals surface area contributed by atoms with Crippen molar-refractivity contribution in [2.45, 2.75) is 13.0 Å². The molecule has 0 saturated heterocycles. The Morgan fingerprint density at radius 1 is 0.943 bits per heavy atom. The maximum Gasteiger partial charge on any atom is 0.255 e. The zero-order chi connectivity index (χ0) is 24.7. The maximum absolute atomic E-state index is 14.0. The number of halogens is 3. The summed E-state index contributed by atoms with van der Waals surface area (Å²) in [6, 6.07) is 12.5. The molecule has 0 aliphatic heterocycles. The Kier molecular flexibility index (Phi) is 10.1. The second kappa shape index (κ2) is 12.8. The number of benzene rings is 3. The van der Waals surface area contributed by atoms with E-state index in [1.165, 1.54) is 39.5 Å². The van der Waals surface area contributed by atoms with Gasteiger partial charge in [0.1, 0.15) is 5.75 Å². The number of carbonyl (C=O) groups excluding carboxylic acids is 1. The van der Waals surface area contributed by atoms with Crippen molar-refractivity contribution in [3.05, 3.63) is 76.9 Å². The number of hydrogen-bond acceptors (Lipinski definition) is 6. The molecule has 188 valence electrons. The molecule has 35 heavy (non-hydrogen) atoms. The smallest absolute Gasteiger partial charge is 0.255 e. The normalized spacial score (nSPS) is 10.2. The van der Waals surface area contributed by atoms with Crippen molar-refractivity contribution in [3.8, 4) is 28.7 Å². The number of methoxy groups -OCH3 is 3. The van der Waals surface area contributed by atoms with Gasteiger partial charge in [-0.05, 0) is 36.7 Å². The average molecular weight is 509 g/mol. The average Bonchev–Trinajstić information content (AvgIpc) is 2.85. The number of amides is 1. The highest BCUT2D eigenvalue weighted by atomic mass is 35.5. The van der Waals surface area contributed by atoms with Gasteiger partial charge in [0.05, 0.1) is 26.9 Å². The third-order valence-electron chi connectivity index (χ3n) is 5.07. The summed E-state index contributed by atoms with van der Waals surface area (Å²) in [5.74, 6) is -1.46. The molecule has 0 atom stereocenters. The van der Waals surface area contributed by atoms with Gasteiger partial charge >= 0.3 is 0 Å². The van der Waals surface area contributed by atoms with Gasteiger partial charge in [-0.25, -0.2) is 8.78 Å². The fourth-order valence-corrected chi connectivity index (χ4v) is 3.40. The molecule has 0 unspecified atom stereocenters. The molecule has 3 N–H and O–H groups in total. The molecule has 0 heterocycles. The molecule has 0 fully saturated rings. The topological polar surface area (TPSA) is 92.0 Å². The summed E-state index contributed by atoms with van der Waals surface area (Å²) in [6.07, 6.45) is 0.732. The van der Waals surface area contributed by atoms with Gasteiger partial charge in [-0.3, -0.25) is 4.79 Å². The quantitative estimate of drug-likeness (QED) is 0.414. The Balaban J connectivity index is 0.00000432. The summed E-state index contributed by atoms with van der Waals surface area (Å²) in [5, 5.41) is 2.57. The first kappa shape index (κ1) is 27.7. The zero-order valence-electron chi connectivity index (χ0n) is 19.5. The van der Waals surface area contributed by atoms with Crippen LogP contribution in [0.1, 0.15) is 21.5 Å². The van der Waals surface area contributed by atoms with E-state index in [-0.39, 0.29) is 53.1 Å². The molecule has 0 aromatic heterocycles. The van der Waals surface area contributed by atoms with Crippen molar-refractivity contribution in [2.75, 3.05) is 27.9 Å². The molecule has 3 rings (SSSR count). The fraction of sp³-hybridized carbons (Fsp3) is 0.240. The lowest BCUT2D eigenvalue weighted by Gasteiger charge is -2.19. The lowest BCUT2D eigenvalue weighted by molar-refractivity contribution is 0.0946. The first-order valence-corrected chi connectivity index (χ1v) is 10.4. The summed E-state index contributed by atoms with van der Waals surface area (Å²) in [6.45, 7) is 0.292. The van der Waals surface area contributed by atoms with E-state index in [1.807, 2.05) is 12.1 Å². The Morgan fingerprint density at radius 2 is 1.60 bits per heavy atom. The van der Waals surface area contributed by atoms with Crippen LogP contribution in [0.15, 0.2) is 48.5 Å². The van der Waals surface area contributed by atoms with Gasteiger partial charge in [-0.1, -0.05) is 24.3 Å². The van der Waals surface area contributed by atoms with Gasteiger partial charge in [-0.15, -0.1) is 12.4 Å². The molecule has 3 aromatic carbocycles. The first-order valence-electron chi connectivity index (χ1n) is 10.4. The Hall–Kier alpha value is -3.56.